The van der Waals surface area contributed by atoms with E-state index >= 15 is 4.39 Å². The molecule has 2 amide bonds. The van der Waals surface area contributed by atoms with E-state index in [0.29, 0.717) is 108 Å². The molecule has 2 aliphatic carbocycles. The number of aliphatic hydroxyl groups is 2. The zero-order chi connectivity index (χ0) is 69.7. The molecule has 2 fully saturated rings. The molecule has 7 aromatic carbocycles. The molecule has 5 aliphatic rings. The molecule has 0 saturated heterocycles. The van der Waals surface area contributed by atoms with Crippen molar-refractivity contribution in [1.82, 2.24) is 4.57 Å². The fourth-order valence-corrected chi connectivity index (χ4v) is 11.6. The number of aldehydes is 2. The summed E-state index contributed by atoms with van der Waals surface area (Å²) in [5.41, 5.74) is 7.93. The van der Waals surface area contributed by atoms with Gasteiger partial charge in [0.2, 0.25) is 25.4 Å². The van der Waals surface area contributed by atoms with Crippen molar-refractivity contribution in [3.8, 4) is 23.0 Å². The van der Waals surface area contributed by atoms with Crippen LogP contribution in [0, 0.1) is 17.0 Å². The fourth-order valence-electron chi connectivity index (χ4n) is 11.6. The number of ether oxygens (including phenoxy) is 7. The van der Waals surface area contributed by atoms with E-state index in [1.54, 1.807) is 12.1 Å². The van der Waals surface area contributed by atoms with Gasteiger partial charge in [0.25, 0.3) is 0 Å². The van der Waals surface area contributed by atoms with Crippen LogP contribution in [0.2, 0.25) is 0 Å². The molecule has 3 aliphatic heterocycles. The minimum atomic E-state index is -0.675. The third kappa shape index (κ3) is 22.5. The van der Waals surface area contributed by atoms with Crippen LogP contribution in [0.5, 0.6) is 23.0 Å². The second-order valence-corrected chi connectivity index (χ2v) is 27.0. The Morgan fingerprint density at radius 2 is 0.990 bits per heavy atom. The molecular formula is C83H108F2N4O13. The molecule has 0 spiro atoms. The number of fused-ring (bicyclic) bond motifs is 4. The minimum Gasteiger partial charge on any atom is -0.454 e. The van der Waals surface area contributed by atoms with Gasteiger partial charge in [-0.3, -0.25) is 9.59 Å². The molecule has 4 heterocycles. The van der Waals surface area contributed by atoms with Crippen molar-refractivity contribution in [2.24, 2.45) is 5.41 Å². The number of benzene rings is 7. The van der Waals surface area contributed by atoms with Gasteiger partial charge >= 0.3 is 0 Å². The highest BCUT2D eigenvalue weighted by Crippen LogP contribution is 2.53. The lowest BCUT2D eigenvalue weighted by atomic mass is 9.85. The Bertz CT molecular complexity index is 3870. The van der Waals surface area contributed by atoms with Crippen LogP contribution in [0.1, 0.15) is 162 Å². The third-order valence-electron chi connectivity index (χ3n) is 17.5. The van der Waals surface area contributed by atoms with E-state index in [1.807, 2.05) is 133 Å². The maximum atomic E-state index is 15.2. The van der Waals surface area contributed by atoms with Crippen molar-refractivity contribution < 1.29 is 71.3 Å². The van der Waals surface area contributed by atoms with Crippen molar-refractivity contribution in [3.05, 3.63) is 208 Å². The first-order valence-corrected chi connectivity index (χ1v) is 33.6. The normalized spacial score (nSPS) is 14.6. The quantitative estimate of drug-likeness (QED) is 0.0281. The molecule has 2 saturated carbocycles. The van der Waals surface area contributed by atoms with Gasteiger partial charge in [-0.1, -0.05) is 174 Å². The first-order chi connectivity index (χ1) is 47.3. The number of nitrogens with one attached hydrogen (secondary N) is 3. The number of anilines is 3. The molecular weight excluding hydrogens is 1300 g/mol. The summed E-state index contributed by atoms with van der Waals surface area (Å²) in [6.07, 6.45) is 7.68. The molecule has 552 valence electrons. The Hall–Kier alpha value is -8.98. The van der Waals surface area contributed by atoms with Crippen LogP contribution in [0.25, 0.3) is 10.9 Å². The lowest BCUT2D eigenvalue weighted by Gasteiger charge is -2.27. The zero-order valence-corrected chi connectivity index (χ0v) is 57.0. The third-order valence-corrected chi connectivity index (χ3v) is 17.5. The van der Waals surface area contributed by atoms with Gasteiger partial charge in [-0.05, 0) is 132 Å². The van der Waals surface area contributed by atoms with Gasteiger partial charge in [0.1, 0.15) is 24.2 Å². The minimum absolute atomic E-state index is 0. The number of aromatic nitrogens is 1. The number of nitrogens with zero attached hydrogens (tertiary/aromatic N) is 1. The smallest absolute Gasteiger partial charge is 0.235 e. The van der Waals surface area contributed by atoms with Crippen LogP contribution in [-0.2, 0) is 82.4 Å². The number of rotatable bonds is 24. The molecule has 5 N–H and O–H groups in total. The van der Waals surface area contributed by atoms with Crippen LogP contribution in [0.3, 0.4) is 0 Å². The van der Waals surface area contributed by atoms with Crippen molar-refractivity contribution >= 4 is 52.4 Å². The lowest BCUT2D eigenvalue weighted by Crippen LogP contribution is -2.31. The molecule has 8 aromatic rings. The molecule has 0 radical (unpaired) electrons. The number of hydrogen-bond acceptors (Lipinski definition) is 14. The van der Waals surface area contributed by atoms with E-state index in [2.05, 4.69) is 62.1 Å². The summed E-state index contributed by atoms with van der Waals surface area (Å²) in [5.74, 6) is 1.38. The van der Waals surface area contributed by atoms with E-state index in [0.717, 1.165) is 81.9 Å². The van der Waals surface area contributed by atoms with Gasteiger partial charge in [0, 0.05) is 73.5 Å². The average Bonchev–Trinajstić information content (AvgIpc) is 1.61. The van der Waals surface area contributed by atoms with E-state index in [4.69, 9.17) is 38.3 Å². The molecule has 1 aromatic heterocycles. The topological polar surface area (TPSA) is 214 Å². The van der Waals surface area contributed by atoms with Gasteiger partial charge in [-0.25, -0.2) is 8.78 Å². The average molecular weight is 1410 g/mol. The second-order valence-electron chi connectivity index (χ2n) is 27.0. The Morgan fingerprint density at radius 3 is 1.41 bits per heavy atom. The molecule has 1 atom stereocenters. The first-order valence-electron chi connectivity index (χ1n) is 33.6. The fraction of sp³-hybridized carbons (Fsp3) is 0.422. The summed E-state index contributed by atoms with van der Waals surface area (Å²) in [6.45, 7) is 17.6. The number of aryl methyl sites for hydroxylation is 1. The summed E-state index contributed by atoms with van der Waals surface area (Å²) in [7, 11) is 0. The molecule has 0 bridgehead atoms. The number of carbonyl (C=O) groups is 4. The number of amides is 2. The number of carbonyl (C=O) groups excluding carboxylic acids is 4. The van der Waals surface area contributed by atoms with Crippen molar-refractivity contribution in [2.75, 3.05) is 62.6 Å². The zero-order valence-electron chi connectivity index (χ0n) is 57.0. The SMILES string of the molecule is C.C.C.C.CC(C)(C)C1Cc2cc(NC(=O)C3(c4ccc5c(c4)OCO5)CC3)c(F)cc2N1.CC(C)(C)c1cc2cc(NC(=O)C3(c4ccc5c(c4)OCO5)CC3)c(F)cc2n1CCCO.O=CCCOCc1ccccc1.O=CCCOCc1ccccc1.OCCCOCc1ccccc1. The number of halogens is 2. The number of hydrogen-bond donors (Lipinski definition) is 5. The lowest BCUT2D eigenvalue weighted by molar-refractivity contribution is -0.119. The standard InChI is InChI=1S/C26H29FN2O4.C23H25FN2O3.C10H14O2.2C10H12O2.4CH4/c1-25(2,3)23-12-16-11-19(18(27)14-20(16)29(23)9-4-10-30)28-24(31)26(7-8-26)17-5-6-21-22(13-17)33-15-32-21;1-22(2,3)20-9-13-8-17(15(24)11-16(13)25-20)26-21(27)23(6-7-23)14-4-5-18-19(10-14)29-12-28-18;3*11-7-4-8-12-9-10-5-2-1-3-6-10;;;;/h5-6,11-14,30H,4,7-10,15H2,1-3H3,(H,28,31);4-5,8,10-11,20,25H,6-7,9,12H2,1-3H3,(H,26,27);1-3,5-6,11H,4,7-9H2;2*1-3,5-7H,4,8-9H2;4*1H4. The van der Waals surface area contributed by atoms with E-state index < -0.39 is 22.5 Å². The van der Waals surface area contributed by atoms with Crippen molar-refractivity contribution in [3.63, 3.8) is 0 Å². The van der Waals surface area contributed by atoms with Crippen molar-refractivity contribution in [1.29, 1.82) is 0 Å². The largest absolute Gasteiger partial charge is 0.454 e. The molecule has 13 rings (SSSR count). The van der Waals surface area contributed by atoms with E-state index in [-0.39, 0.29) is 96.6 Å². The first kappa shape index (κ1) is 83.7. The summed E-state index contributed by atoms with van der Waals surface area (Å²) in [6, 6.07) is 49.8. The molecule has 17 nitrogen and oxygen atoms in total. The van der Waals surface area contributed by atoms with Gasteiger partial charge in [-0.2, -0.15) is 0 Å². The highest BCUT2D eigenvalue weighted by atomic mass is 19.1. The van der Waals surface area contributed by atoms with Gasteiger partial charge in [0.05, 0.1) is 60.8 Å². The molecule has 19 heteroatoms. The van der Waals surface area contributed by atoms with Crippen LogP contribution >= 0.6 is 0 Å². The van der Waals surface area contributed by atoms with Gasteiger partial charge in [0.15, 0.2) is 23.0 Å². The highest BCUT2D eigenvalue weighted by Gasteiger charge is 2.53. The second kappa shape index (κ2) is 39.4. The summed E-state index contributed by atoms with van der Waals surface area (Å²) >= 11 is 0. The Labute approximate surface area is 602 Å². The van der Waals surface area contributed by atoms with E-state index in [1.165, 1.54) is 17.7 Å². The van der Waals surface area contributed by atoms with E-state index in [9.17, 15) is 28.7 Å². The summed E-state index contributed by atoms with van der Waals surface area (Å²) < 4.78 is 69.4. The maximum Gasteiger partial charge on any atom is 0.235 e. The summed E-state index contributed by atoms with van der Waals surface area (Å²) in [5, 5.41) is 27.8. The Balaban J connectivity index is 0.000000245. The maximum absolute atomic E-state index is 15.2. The monoisotopic (exact) mass is 1410 g/mol. The Morgan fingerprint density at radius 1 is 0.559 bits per heavy atom. The molecule has 102 heavy (non-hydrogen) atoms. The molecule has 1 unspecified atom stereocenters. The van der Waals surface area contributed by atoms with Crippen LogP contribution in [-0.4, -0.2) is 91.8 Å². The predicted octanol–water partition coefficient (Wildman–Crippen LogP) is 17.2. The van der Waals surface area contributed by atoms with Crippen LogP contribution in [0.15, 0.2) is 158 Å². The van der Waals surface area contributed by atoms with Crippen molar-refractivity contribution in [2.45, 2.75) is 178 Å². The predicted molar refractivity (Wildman–Crippen MR) is 402 cm³/mol. The van der Waals surface area contributed by atoms with Crippen LogP contribution in [0.4, 0.5) is 25.8 Å². The summed E-state index contributed by atoms with van der Waals surface area (Å²) in [4.78, 5) is 46.3. The van der Waals surface area contributed by atoms with Crippen LogP contribution < -0.4 is 34.9 Å². The number of aliphatic hydroxyl groups excluding tert-OH is 2. The van der Waals surface area contributed by atoms with Gasteiger partial charge in [-0.15, -0.1) is 0 Å². The van der Waals surface area contributed by atoms with Gasteiger partial charge < -0.3 is 73.5 Å². The highest BCUT2D eigenvalue weighted by molar-refractivity contribution is 6.03. The Kier molecular flexibility index (Phi) is 32.4.